The minimum absolute atomic E-state index is 0.240. The molecule has 1 aliphatic rings. The van der Waals surface area contributed by atoms with Gasteiger partial charge in [0, 0.05) is 26.7 Å². The monoisotopic (exact) mass is 471 g/mol. The van der Waals surface area contributed by atoms with Crippen LogP contribution in [-0.2, 0) is 0 Å². The standard InChI is InChI=1S/C22H15BrClNO4/c23-15-6-4-13(5-7-15)21(26)17-11-19-20(29-9-8-28-19)12-18(17)25-22(27)14-2-1-3-16(24)10-14/h1-7,10-12H,8-9H2,(H,25,27). The fourth-order valence-corrected chi connectivity index (χ4v) is 3.42. The van der Waals surface area contributed by atoms with Crippen LogP contribution in [0.5, 0.6) is 11.5 Å². The van der Waals surface area contributed by atoms with Crippen molar-refractivity contribution in [3.05, 3.63) is 86.8 Å². The summed E-state index contributed by atoms with van der Waals surface area (Å²) >= 11 is 9.35. The third kappa shape index (κ3) is 4.28. The molecule has 0 saturated carbocycles. The zero-order valence-electron chi connectivity index (χ0n) is 15.1. The van der Waals surface area contributed by atoms with Gasteiger partial charge in [-0.15, -0.1) is 0 Å². The van der Waals surface area contributed by atoms with Crippen molar-refractivity contribution in [3.63, 3.8) is 0 Å². The van der Waals surface area contributed by atoms with E-state index in [2.05, 4.69) is 21.2 Å². The minimum atomic E-state index is -0.381. The van der Waals surface area contributed by atoms with E-state index in [1.165, 1.54) is 0 Å². The highest BCUT2D eigenvalue weighted by Crippen LogP contribution is 2.37. The number of carbonyl (C=O) groups excluding carboxylic acids is 2. The summed E-state index contributed by atoms with van der Waals surface area (Å²) in [4.78, 5) is 25.9. The Labute approximate surface area is 180 Å². The first kappa shape index (κ1) is 19.5. The van der Waals surface area contributed by atoms with Crippen LogP contribution in [0, 0.1) is 0 Å². The summed E-state index contributed by atoms with van der Waals surface area (Å²) < 4.78 is 12.1. The van der Waals surface area contributed by atoms with Crippen LogP contribution in [0.1, 0.15) is 26.3 Å². The maximum atomic E-state index is 13.2. The maximum absolute atomic E-state index is 13.2. The first-order chi connectivity index (χ1) is 14.0. The fraction of sp³-hybridized carbons (Fsp3) is 0.0909. The van der Waals surface area contributed by atoms with Crippen molar-refractivity contribution in [1.82, 2.24) is 0 Å². The van der Waals surface area contributed by atoms with Crippen LogP contribution in [0.2, 0.25) is 5.02 Å². The van der Waals surface area contributed by atoms with E-state index in [-0.39, 0.29) is 11.7 Å². The van der Waals surface area contributed by atoms with Gasteiger partial charge in [-0.2, -0.15) is 0 Å². The van der Waals surface area contributed by atoms with E-state index in [1.807, 2.05) is 0 Å². The van der Waals surface area contributed by atoms with Gasteiger partial charge in [0.1, 0.15) is 13.2 Å². The molecule has 0 fully saturated rings. The highest BCUT2D eigenvalue weighted by molar-refractivity contribution is 9.10. The molecular weight excluding hydrogens is 458 g/mol. The van der Waals surface area contributed by atoms with Crippen molar-refractivity contribution >= 4 is 44.9 Å². The molecule has 1 amide bonds. The number of nitrogens with one attached hydrogen (secondary N) is 1. The van der Waals surface area contributed by atoms with E-state index >= 15 is 0 Å². The first-order valence-electron chi connectivity index (χ1n) is 8.82. The van der Waals surface area contributed by atoms with Crippen molar-refractivity contribution in [2.45, 2.75) is 0 Å². The number of rotatable bonds is 4. The smallest absolute Gasteiger partial charge is 0.255 e. The van der Waals surface area contributed by atoms with Crippen LogP contribution in [0.4, 0.5) is 5.69 Å². The number of anilines is 1. The van der Waals surface area contributed by atoms with Crippen molar-refractivity contribution in [3.8, 4) is 11.5 Å². The highest BCUT2D eigenvalue weighted by atomic mass is 79.9. The van der Waals surface area contributed by atoms with E-state index in [4.69, 9.17) is 21.1 Å². The average Bonchev–Trinajstić information content (AvgIpc) is 2.73. The Bertz CT molecular complexity index is 1100. The van der Waals surface area contributed by atoms with Crippen LogP contribution in [0.3, 0.4) is 0 Å². The molecule has 7 heteroatoms. The zero-order chi connectivity index (χ0) is 20.4. The second-order valence-corrected chi connectivity index (χ2v) is 7.69. The number of amides is 1. The van der Waals surface area contributed by atoms with Crippen LogP contribution < -0.4 is 14.8 Å². The molecule has 0 bridgehead atoms. The predicted molar refractivity (Wildman–Crippen MR) is 114 cm³/mol. The number of halogens is 2. The number of carbonyl (C=O) groups is 2. The summed E-state index contributed by atoms with van der Waals surface area (Å²) in [6.45, 7) is 0.793. The molecule has 3 aromatic carbocycles. The Morgan fingerprint density at radius 2 is 1.59 bits per heavy atom. The Balaban J connectivity index is 1.74. The molecule has 0 aliphatic carbocycles. The largest absolute Gasteiger partial charge is 0.486 e. The van der Waals surface area contributed by atoms with Gasteiger partial charge in [0.05, 0.1) is 11.3 Å². The number of fused-ring (bicyclic) bond motifs is 1. The lowest BCUT2D eigenvalue weighted by Gasteiger charge is -2.21. The van der Waals surface area contributed by atoms with E-state index in [0.717, 1.165) is 4.47 Å². The van der Waals surface area contributed by atoms with Crippen LogP contribution in [-0.4, -0.2) is 24.9 Å². The van der Waals surface area contributed by atoms with E-state index < -0.39 is 0 Å². The molecule has 0 saturated heterocycles. The van der Waals surface area contributed by atoms with Crippen molar-refractivity contribution < 1.29 is 19.1 Å². The molecule has 0 atom stereocenters. The van der Waals surface area contributed by atoms with Crippen molar-refractivity contribution in [2.24, 2.45) is 0 Å². The molecule has 4 rings (SSSR count). The molecule has 1 heterocycles. The number of hydrogen-bond donors (Lipinski definition) is 1. The third-order valence-corrected chi connectivity index (χ3v) is 5.13. The number of ether oxygens (including phenoxy) is 2. The fourth-order valence-electron chi connectivity index (χ4n) is 2.96. The topological polar surface area (TPSA) is 64.6 Å². The normalized spacial score (nSPS) is 12.3. The van der Waals surface area contributed by atoms with Gasteiger partial charge in [-0.1, -0.05) is 33.6 Å². The number of hydrogen-bond acceptors (Lipinski definition) is 4. The molecule has 0 aromatic heterocycles. The Kier molecular flexibility index (Phi) is 5.56. The number of benzene rings is 3. The average molecular weight is 473 g/mol. The zero-order valence-corrected chi connectivity index (χ0v) is 17.4. The van der Waals surface area contributed by atoms with Gasteiger partial charge in [-0.05, 0) is 48.5 Å². The van der Waals surface area contributed by atoms with Gasteiger partial charge in [0.25, 0.3) is 5.91 Å². The molecule has 0 unspecified atom stereocenters. The van der Waals surface area contributed by atoms with Gasteiger partial charge in [-0.3, -0.25) is 9.59 Å². The molecule has 0 radical (unpaired) electrons. The van der Waals surface area contributed by atoms with Crippen molar-refractivity contribution in [1.29, 1.82) is 0 Å². The lowest BCUT2D eigenvalue weighted by atomic mass is 10.0. The highest BCUT2D eigenvalue weighted by Gasteiger charge is 2.22. The van der Waals surface area contributed by atoms with E-state index in [9.17, 15) is 9.59 Å². The van der Waals surface area contributed by atoms with Crippen LogP contribution in [0.15, 0.2) is 65.1 Å². The maximum Gasteiger partial charge on any atom is 0.255 e. The SMILES string of the molecule is O=C(Nc1cc2c(cc1C(=O)c1ccc(Br)cc1)OCCO2)c1cccc(Cl)c1. The lowest BCUT2D eigenvalue weighted by molar-refractivity contribution is 0.102. The lowest BCUT2D eigenvalue weighted by Crippen LogP contribution is -2.19. The molecule has 29 heavy (non-hydrogen) atoms. The second-order valence-electron chi connectivity index (χ2n) is 6.34. The van der Waals surface area contributed by atoms with Crippen LogP contribution >= 0.6 is 27.5 Å². The van der Waals surface area contributed by atoms with Crippen LogP contribution in [0.25, 0.3) is 0 Å². The molecule has 0 spiro atoms. The third-order valence-electron chi connectivity index (χ3n) is 4.37. The molecule has 1 aliphatic heterocycles. The van der Waals surface area contributed by atoms with E-state index in [1.54, 1.807) is 60.7 Å². The van der Waals surface area contributed by atoms with Gasteiger partial charge >= 0.3 is 0 Å². The molecule has 3 aromatic rings. The summed E-state index contributed by atoms with van der Waals surface area (Å²) in [7, 11) is 0. The molecule has 146 valence electrons. The predicted octanol–water partition coefficient (Wildman–Crippen LogP) is 5.36. The van der Waals surface area contributed by atoms with Crippen molar-refractivity contribution in [2.75, 3.05) is 18.5 Å². The van der Waals surface area contributed by atoms with Gasteiger partial charge in [-0.25, -0.2) is 0 Å². The van der Waals surface area contributed by atoms with E-state index in [0.29, 0.717) is 52.1 Å². The number of ketones is 1. The Hall–Kier alpha value is -2.83. The summed E-state index contributed by atoms with van der Waals surface area (Å²) in [6.07, 6.45) is 0. The Morgan fingerprint density at radius 3 is 2.28 bits per heavy atom. The molecule has 1 N–H and O–H groups in total. The summed E-state index contributed by atoms with van der Waals surface area (Å²) in [5.74, 6) is 0.326. The summed E-state index contributed by atoms with van der Waals surface area (Å²) in [5.41, 5.74) is 1.52. The second kappa shape index (κ2) is 8.27. The quantitative estimate of drug-likeness (QED) is 0.519. The Morgan fingerprint density at radius 1 is 0.897 bits per heavy atom. The molecular formula is C22H15BrClNO4. The summed E-state index contributed by atoms with van der Waals surface area (Å²) in [5, 5.41) is 3.25. The first-order valence-corrected chi connectivity index (χ1v) is 9.99. The van der Waals surface area contributed by atoms with Gasteiger partial charge < -0.3 is 14.8 Å². The van der Waals surface area contributed by atoms with Gasteiger partial charge in [0.15, 0.2) is 17.3 Å². The minimum Gasteiger partial charge on any atom is -0.486 e. The molecule has 5 nitrogen and oxygen atoms in total. The van der Waals surface area contributed by atoms with Gasteiger partial charge in [0.2, 0.25) is 0 Å². The summed E-state index contributed by atoms with van der Waals surface area (Å²) in [6, 6.07) is 16.8.